The molecule has 1 aromatic rings. The third-order valence-electron chi connectivity index (χ3n) is 1.54. The normalized spacial score (nSPS) is 10.0. The highest BCUT2D eigenvalue weighted by Gasteiger charge is 1.94. The number of rotatable bonds is 3. The van der Waals surface area contributed by atoms with E-state index in [-0.39, 0.29) is 0 Å². The second kappa shape index (κ2) is 4.03. The molecule has 2 N–H and O–H groups in total. The molecule has 3 nitrogen and oxygen atoms in total. The first kappa shape index (κ1) is 8.14. The Morgan fingerprint density at radius 3 is 2.73 bits per heavy atom. The van der Waals surface area contributed by atoms with Crippen LogP contribution in [0.4, 0.5) is 0 Å². The van der Waals surface area contributed by atoms with Gasteiger partial charge in [0.15, 0.2) is 0 Å². The first-order valence-corrected chi connectivity index (χ1v) is 3.86. The smallest absolute Gasteiger partial charge is 0.115 e. The maximum absolute atomic E-state index is 5.39. The Morgan fingerprint density at radius 2 is 2.09 bits per heavy atom. The van der Waals surface area contributed by atoms with Crippen molar-refractivity contribution in [1.29, 1.82) is 0 Å². The van der Waals surface area contributed by atoms with Gasteiger partial charge in [0.2, 0.25) is 0 Å². The van der Waals surface area contributed by atoms with Crippen LogP contribution >= 0.6 is 0 Å². The monoisotopic (exact) mass is 151 g/mol. The standard InChI is InChI=1S/C8H13N3/c1-2-7-5-8(3-4-9)11-6-10-7/h5-6H,2-4,9H2,1H3. The zero-order chi connectivity index (χ0) is 8.10. The minimum Gasteiger partial charge on any atom is -0.330 e. The van der Waals surface area contributed by atoms with Gasteiger partial charge in [-0.25, -0.2) is 9.97 Å². The number of hydrogen-bond acceptors (Lipinski definition) is 3. The van der Waals surface area contributed by atoms with Gasteiger partial charge in [-0.05, 0) is 19.0 Å². The highest BCUT2D eigenvalue weighted by atomic mass is 14.8. The van der Waals surface area contributed by atoms with Gasteiger partial charge < -0.3 is 5.73 Å². The van der Waals surface area contributed by atoms with Crippen molar-refractivity contribution in [3.8, 4) is 0 Å². The Hall–Kier alpha value is -0.960. The fourth-order valence-electron chi connectivity index (χ4n) is 0.922. The Balaban J connectivity index is 2.74. The zero-order valence-corrected chi connectivity index (χ0v) is 6.75. The summed E-state index contributed by atoms with van der Waals surface area (Å²) in [5.74, 6) is 0. The molecule has 60 valence electrons. The molecule has 0 radical (unpaired) electrons. The van der Waals surface area contributed by atoms with Crippen LogP contribution in [-0.2, 0) is 12.8 Å². The number of hydrogen-bond donors (Lipinski definition) is 1. The van der Waals surface area contributed by atoms with E-state index in [1.165, 1.54) is 0 Å². The molecule has 0 saturated carbocycles. The number of aromatic nitrogens is 2. The van der Waals surface area contributed by atoms with Crippen LogP contribution in [0.15, 0.2) is 12.4 Å². The van der Waals surface area contributed by atoms with Gasteiger partial charge in [0, 0.05) is 17.8 Å². The summed E-state index contributed by atoms with van der Waals surface area (Å²) in [6.07, 6.45) is 3.40. The lowest BCUT2D eigenvalue weighted by Gasteiger charge is -1.98. The molecule has 0 amide bonds. The van der Waals surface area contributed by atoms with Crippen LogP contribution in [0.3, 0.4) is 0 Å². The molecule has 0 aliphatic carbocycles. The summed E-state index contributed by atoms with van der Waals surface area (Å²) in [4.78, 5) is 8.17. The predicted octanol–water partition coefficient (Wildman–Crippen LogP) is 0.540. The Morgan fingerprint density at radius 1 is 1.36 bits per heavy atom. The van der Waals surface area contributed by atoms with Crippen molar-refractivity contribution in [2.24, 2.45) is 5.73 Å². The molecule has 3 heteroatoms. The lowest BCUT2D eigenvalue weighted by Crippen LogP contribution is -2.05. The minimum absolute atomic E-state index is 0.653. The fraction of sp³-hybridized carbons (Fsp3) is 0.500. The summed E-state index contributed by atoms with van der Waals surface area (Å²) < 4.78 is 0. The van der Waals surface area contributed by atoms with Crippen molar-refractivity contribution >= 4 is 0 Å². The quantitative estimate of drug-likeness (QED) is 0.686. The van der Waals surface area contributed by atoms with E-state index in [0.717, 1.165) is 24.2 Å². The molecule has 1 aromatic heterocycles. The van der Waals surface area contributed by atoms with Crippen molar-refractivity contribution in [3.63, 3.8) is 0 Å². The molecule has 0 aromatic carbocycles. The van der Waals surface area contributed by atoms with Gasteiger partial charge >= 0.3 is 0 Å². The third-order valence-corrected chi connectivity index (χ3v) is 1.54. The largest absolute Gasteiger partial charge is 0.330 e. The van der Waals surface area contributed by atoms with Crippen LogP contribution < -0.4 is 5.73 Å². The van der Waals surface area contributed by atoms with Gasteiger partial charge in [-0.2, -0.15) is 0 Å². The van der Waals surface area contributed by atoms with E-state index in [2.05, 4.69) is 16.9 Å². The van der Waals surface area contributed by atoms with Gasteiger partial charge in [-0.15, -0.1) is 0 Å². The van der Waals surface area contributed by atoms with Crippen molar-refractivity contribution in [1.82, 2.24) is 9.97 Å². The van der Waals surface area contributed by atoms with E-state index in [9.17, 15) is 0 Å². The highest BCUT2D eigenvalue weighted by molar-refractivity contribution is 5.08. The van der Waals surface area contributed by atoms with E-state index < -0.39 is 0 Å². The van der Waals surface area contributed by atoms with E-state index in [0.29, 0.717) is 6.54 Å². The Bertz CT molecular complexity index is 222. The molecule has 0 aliphatic heterocycles. The first-order chi connectivity index (χ1) is 5.36. The molecule has 0 aliphatic rings. The Labute approximate surface area is 66.7 Å². The van der Waals surface area contributed by atoms with Crippen molar-refractivity contribution in [2.75, 3.05) is 6.54 Å². The summed E-state index contributed by atoms with van der Waals surface area (Å²) >= 11 is 0. The molecule has 0 atom stereocenters. The lowest BCUT2D eigenvalue weighted by atomic mass is 10.2. The lowest BCUT2D eigenvalue weighted by molar-refractivity contribution is 0.885. The third kappa shape index (κ3) is 2.27. The van der Waals surface area contributed by atoms with Gasteiger partial charge in [-0.3, -0.25) is 0 Å². The highest BCUT2D eigenvalue weighted by Crippen LogP contribution is 1.98. The summed E-state index contributed by atoms with van der Waals surface area (Å²) in [5.41, 5.74) is 7.52. The van der Waals surface area contributed by atoms with Gasteiger partial charge in [0.05, 0.1) is 0 Å². The zero-order valence-electron chi connectivity index (χ0n) is 6.75. The second-order valence-corrected chi connectivity index (χ2v) is 2.39. The van der Waals surface area contributed by atoms with Crippen LogP contribution in [0.1, 0.15) is 18.3 Å². The maximum atomic E-state index is 5.39. The van der Waals surface area contributed by atoms with Crippen LogP contribution in [-0.4, -0.2) is 16.5 Å². The van der Waals surface area contributed by atoms with Crippen molar-refractivity contribution in [2.45, 2.75) is 19.8 Å². The van der Waals surface area contributed by atoms with Gasteiger partial charge in [0.25, 0.3) is 0 Å². The molecular formula is C8H13N3. The van der Waals surface area contributed by atoms with Crippen LogP contribution in [0.5, 0.6) is 0 Å². The van der Waals surface area contributed by atoms with E-state index in [1.807, 2.05) is 6.07 Å². The number of aryl methyl sites for hydroxylation is 1. The molecule has 0 spiro atoms. The fourth-order valence-corrected chi connectivity index (χ4v) is 0.922. The number of nitrogens with zero attached hydrogens (tertiary/aromatic N) is 2. The average molecular weight is 151 g/mol. The molecule has 0 saturated heterocycles. The van der Waals surface area contributed by atoms with E-state index >= 15 is 0 Å². The average Bonchev–Trinajstić information content (AvgIpc) is 2.06. The van der Waals surface area contributed by atoms with Crippen molar-refractivity contribution < 1.29 is 0 Å². The molecule has 1 heterocycles. The van der Waals surface area contributed by atoms with Crippen molar-refractivity contribution in [3.05, 3.63) is 23.8 Å². The summed E-state index contributed by atoms with van der Waals surface area (Å²) in [6, 6.07) is 2.01. The summed E-state index contributed by atoms with van der Waals surface area (Å²) in [6.45, 7) is 2.73. The molecule has 0 unspecified atom stereocenters. The van der Waals surface area contributed by atoms with Crippen LogP contribution in [0, 0.1) is 0 Å². The molecule has 0 fully saturated rings. The van der Waals surface area contributed by atoms with Crippen LogP contribution in [0.25, 0.3) is 0 Å². The van der Waals surface area contributed by atoms with Gasteiger partial charge in [0.1, 0.15) is 6.33 Å². The van der Waals surface area contributed by atoms with Crippen LogP contribution in [0.2, 0.25) is 0 Å². The minimum atomic E-state index is 0.653. The maximum Gasteiger partial charge on any atom is 0.115 e. The molecule has 1 rings (SSSR count). The van der Waals surface area contributed by atoms with Gasteiger partial charge in [-0.1, -0.05) is 6.92 Å². The topological polar surface area (TPSA) is 51.8 Å². The molecule has 0 bridgehead atoms. The van der Waals surface area contributed by atoms with E-state index in [1.54, 1.807) is 6.33 Å². The second-order valence-electron chi connectivity index (χ2n) is 2.39. The predicted molar refractivity (Wildman–Crippen MR) is 44.2 cm³/mol. The first-order valence-electron chi connectivity index (χ1n) is 3.86. The summed E-state index contributed by atoms with van der Waals surface area (Å²) in [5, 5.41) is 0. The number of nitrogens with two attached hydrogens (primary N) is 1. The molecular weight excluding hydrogens is 138 g/mol. The van der Waals surface area contributed by atoms with E-state index in [4.69, 9.17) is 5.73 Å². The Kier molecular flexibility index (Phi) is 2.98. The SMILES string of the molecule is CCc1cc(CCN)ncn1. The molecule has 11 heavy (non-hydrogen) atoms. The summed E-state index contributed by atoms with van der Waals surface area (Å²) in [7, 11) is 0.